The largest absolute Gasteiger partial charge is 0.488 e. The molecule has 0 fully saturated rings. The van der Waals surface area contributed by atoms with Gasteiger partial charge in [0.2, 0.25) is 0 Å². The third-order valence-corrected chi connectivity index (χ3v) is 4.84. The third kappa shape index (κ3) is 5.05. The Morgan fingerprint density at radius 2 is 0.962 bits per heavy atom. The highest BCUT2D eigenvalue weighted by molar-refractivity contribution is 9.11. The Bertz CT molecular complexity index is 806. The van der Waals surface area contributed by atoms with Crippen molar-refractivity contribution in [2.75, 3.05) is 0 Å². The molecule has 0 aliphatic carbocycles. The van der Waals surface area contributed by atoms with Gasteiger partial charge in [0.25, 0.3) is 0 Å². The van der Waals surface area contributed by atoms with E-state index in [9.17, 15) is 8.78 Å². The molecule has 26 heavy (non-hydrogen) atoms. The molecule has 0 spiro atoms. The minimum Gasteiger partial charge on any atom is -0.488 e. The summed E-state index contributed by atoms with van der Waals surface area (Å²) in [4.78, 5) is 0. The van der Waals surface area contributed by atoms with Crippen LogP contribution in [-0.4, -0.2) is 0 Å². The molecular formula is C20H14Br2F2O2. The Balaban J connectivity index is 1.65. The van der Waals surface area contributed by atoms with E-state index in [4.69, 9.17) is 9.47 Å². The van der Waals surface area contributed by atoms with Gasteiger partial charge in [0.15, 0.2) is 0 Å². The zero-order chi connectivity index (χ0) is 18.5. The number of hydrogen-bond donors (Lipinski definition) is 0. The third-order valence-electron chi connectivity index (χ3n) is 3.60. The quantitative estimate of drug-likeness (QED) is 0.391. The van der Waals surface area contributed by atoms with Gasteiger partial charge in [-0.05, 0) is 79.4 Å². The van der Waals surface area contributed by atoms with E-state index in [0.717, 1.165) is 20.1 Å². The molecule has 0 N–H and O–H groups in total. The average molecular weight is 484 g/mol. The number of ether oxygens (including phenoxy) is 2. The molecule has 134 valence electrons. The average Bonchev–Trinajstić information content (AvgIpc) is 2.63. The second kappa shape index (κ2) is 8.64. The summed E-state index contributed by atoms with van der Waals surface area (Å²) < 4.78 is 38.9. The number of hydrogen-bond acceptors (Lipinski definition) is 2. The van der Waals surface area contributed by atoms with E-state index in [1.807, 2.05) is 0 Å². The van der Waals surface area contributed by atoms with E-state index in [0.29, 0.717) is 24.7 Å². The summed E-state index contributed by atoms with van der Waals surface area (Å²) in [6.07, 6.45) is 0. The van der Waals surface area contributed by atoms with Crippen LogP contribution in [0.4, 0.5) is 8.78 Å². The first-order valence-corrected chi connectivity index (χ1v) is 9.33. The highest BCUT2D eigenvalue weighted by atomic mass is 79.9. The van der Waals surface area contributed by atoms with Crippen molar-refractivity contribution in [2.24, 2.45) is 0 Å². The van der Waals surface area contributed by atoms with Gasteiger partial charge in [-0.25, -0.2) is 8.78 Å². The van der Waals surface area contributed by atoms with E-state index in [2.05, 4.69) is 31.9 Å². The van der Waals surface area contributed by atoms with E-state index in [1.54, 1.807) is 36.4 Å². The Morgan fingerprint density at radius 3 is 1.31 bits per heavy atom. The highest BCUT2D eigenvalue weighted by Crippen LogP contribution is 2.37. The topological polar surface area (TPSA) is 18.5 Å². The van der Waals surface area contributed by atoms with Crippen LogP contribution in [0.15, 0.2) is 69.6 Å². The molecule has 0 saturated heterocycles. The molecule has 0 atom stereocenters. The maximum Gasteiger partial charge on any atom is 0.135 e. The van der Waals surface area contributed by atoms with Crippen molar-refractivity contribution >= 4 is 31.9 Å². The van der Waals surface area contributed by atoms with Crippen LogP contribution in [0.2, 0.25) is 0 Å². The number of benzene rings is 3. The summed E-state index contributed by atoms with van der Waals surface area (Å²) in [6, 6.07) is 15.9. The monoisotopic (exact) mass is 482 g/mol. The molecule has 0 aromatic heterocycles. The first kappa shape index (κ1) is 18.9. The molecule has 3 aromatic carbocycles. The second-order valence-electron chi connectivity index (χ2n) is 5.54. The molecule has 0 bridgehead atoms. The smallest absolute Gasteiger partial charge is 0.135 e. The van der Waals surface area contributed by atoms with Crippen LogP contribution in [0, 0.1) is 11.6 Å². The predicted molar refractivity (Wildman–Crippen MR) is 103 cm³/mol. The van der Waals surface area contributed by atoms with Gasteiger partial charge in [-0.15, -0.1) is 0 Å². The molecule has 0 unspecified atom stereocenters. The first-order chi connectivity index (χ1) is 12.5. The fourth-order valence-corrected chi connectivity index (χ4v) is 3.09. The lowest BCUT2D eigenvalue weighted by atomic mass is 10.2. The SMILES string of the molecule is Fc1ccc(COc2cc(Br)c(OCc3ccc(F)cc3)cc2Br)cc1. The van der Waals surface area contributed by atoms with Crippen LogP contribution in [0.5, 0.6) is 11.5 Å². The standard InChI is InChI=1S/C20H14Br2F2O2/c21-17-10-20(26-12-14-3-7-16(24)8-4-14)18(22)9-19(17)25-11-13-1-5-15(23)6-2-13/h1-10H,11-12H2. The second-order valence-corrected chi connectivity index (χ2v) is 7.25. The zero-order valence-corrected chi connectivity index (χ0v) is 16.7. The van der Waals surface area contributed by atoms with Crippen molar-refractivity contribution in [3.63, 3.8) is 0 Å². The van der Waals surface area contributed by atoms with Crippen molar-refractivity contribution in [3.8, 4) is 11.5 Å². The molecule has 0 saturated carbocycles. The molecule has 0 amide bonds. The van der Waals surface area contributed by atoms with Crippen LogP contribution in [-0.2, 0) is 13.2 Å². The van der Waals surface area contributed by atoms with E-state index < -0.39 is 0 Å². The molecular weight excluding hydrogens is 470 g/mol. The molecule has 6 heteroatoms. The van der Waals surface area contributed by atoms with Crippen molar-refractivity contribution in [2.45, 2.75) is 13.2 Å². The molecule has 3 rings (SSSR count). The van der Waals surface area contributed by atoms with Crippen LogP contribution in [0.3, 0.4) is 0 Å². The van der Waals surface area contributed by atoms with Gasteiger partial charge in [0.05, 0.1) is 8.95 Å². The molecule has 0 aliphatic heterocycles. The van der Waals surface area contributed by atoms with Gasteiger partial charge < -0.3 is 9.47 Å². The lowest BCUT2D eigenvalue weighted by Gasteiger charge is -2.13. The van der Waals surface area contributed by atoms with Gasteiger partial charge in [0.1, 0.15) is 36.3 Å². The number of rotatable bonds is 6. The summed E-state index contributed by atoms with van der Waals surface area (Å²) in [5.41, 5.74) is 1.73. The van der Waals surface area contributed by atoms with E-state index in [-0.39, 0.29) is 11.6 Å². The molecule has 2 nitrogen and oxygen atoms in total. The van der Waals surface area contributed by atoms with Gasteiger partial charge in [-0.3, -0.25) is 0 Å². The lowest BCUT2D eigenvalue weighted by Crippen LogP contribution is -1.99. The van der Waals surface area contributed by atoms with Gasteiger partial charge in [-0.2, -0.15) is 0 Å². The Labute approximate surface area is 167 Å². The zero-order valence-electron chi connectivity index (χ0n) is 13.5. The van der Waals surface area contributed by atoms with Crippen LogP contribution in [0.1, 0.15) is 11.1 Å². The lowest BCUT2D eigenvalue weighted by molar-refractivity contribution is 0.294. The maximum atomic E-state index is 12.9. The molecule has 0 aliphatic rings. The normalized spacial score (nSPS) is 10.6. The minimum atomic E-state index is -0.277. The fourth-order valence-electron chi connectivity index (χ4n) is 2.21. The molecule has 0 heterocycles. The summed E-state index contributed by atoms with van der Waals surface area (Å²) in [6.45, 7) is 0.641. The first-order valence-electron chi connectivity index (χ1n) is 7.75. The summed E-state index contributed by atoms with van der Waals surface area (Å²) in [7, 11) is 0. The van der Waals surface area contributed by atoms with Crippen LogP contribution < -0.4 is 9.47 Å². The Morgan fingerprint density at radius 1 is 0.615 bits per heavy atom. The van der Waals surface area contributed by atoms with Gasteiger partial charge in [-0.1, -0.05) is 24.3 Å². The van der Waals surface area contributed by atoms with Gasteiger partial charge >= 0.3 is 0 Å². The van der Waals surface area contributed by atoms with Gasteiger partial charge in [0, 0.05) is 0 Å². The molecule has 0 radical (unpaired) electrons. The number of halogens is 4. The Kier molecular flexibility index (Phi) is 6.27. The van der Waals surface area contributed by atoms with E-state index in [1.165, 1.54) is 24.3 Å². The van der Waals surface area contributed by atoms with E-state index >= 15 is 0 Å². The highest BCUT2D eigenvalue weighted by Gasteiger charge is 2.10. The van der Waals surface area contributed by atoms with Crippen molar-refractivity contribution in [1.82, 2.24) is 0 Å². The van der Waals surface area contributed by atoms with Crippen molar-refractivity contribution in [1.29, 1.82) is 0 Å². The summed E-state index contributed by atoms with van der Waals surface area (Å²) >= 11 is 6.93. The summed E-state index contributed by atoms with van der Waals surface area (Å²) in [5, 5.41) is 0. The summed E-state index contributed by atoms with van der Waals surface area (Å²) in [5.74, 6) is 0.714. The van der Waals surface area contributed by atoms with Crippen LogP contribution in [0.25, 0.3) is 0 Å². The van der Waals surface area contributed by atoms with Crippen LogP contribution >= 0.6 is 31.9 Å². The molecule has 3 aromatic rings. The minimum absolute atomic E-state index is 0.277. The Hall–Kier alpha value is -1.92. The predicted octanol–water partition coefficient (Wildman–Crippen LogP) is 6.65. The van der Waals surface area contributed by atoms with Crippen molar-refractivity contribution in [3.05, 3.63) is 92.4 Å². The maximum absolute atomic E-state index is 12.9. The van der Waals surface area contributed by atoms with Crippen molar-refractivity contribution < 1.29 is 18.3 Å². The fraction of sp³-hybridized carbons (Fsp3) is 0.100.